The minimum absolute atomic E-state index is 0.154. The van der Waals surface area contributed by atoms with Crippen LogP contribution in [-0.2, 0) is 16.4 Å². The standard InChI is InChI=1S/C25H30N6O3S/c1-17-13-14-31(28-17)21-12-11-20-23(27-21)30-16-18(15-25(30,2)3)7-4-5-8-19-9-6-10-22(26-19)35(33,34)29-24(20)32/h6,9-14,18H,4-5,7-8,15-16H2,1-3H3,(H,29,32)/t18-/m0/s1. The predicted molar refractivity (Wildman–Crippen MR) is 132 cm³/mol. The van der Waals surface area contributed by atoms with E-state index in [4.69, 9.17) is 4.98 Å². The van der Waals surface area contributed by atoms with Gasteiger partial charge in [-0.15, -0.1) is 0 Å². The highest BCUT2D eigenvalue weighted by Gasteiger charge is 2.41. The summed E-state index contributed by atoms with van der Waals surface area (Å²) < 4.78 is 30.0. The molecule has 4 bridgehead atoms. The molecule has 0 spiro atoms. The molecule has 3 aromatic rings. The van der Waals surface area contributed by atoms with E-state index >= 15 is 0 Å². The summed E-state index contributed by atoms with van der Waals surface area (Å²) in [6.45, 7) is 6.94. The van der Waals surface area contributed by atoms with Crippen molar-refractivity contribution >= 4 is 21.7 Å². The van der Waals surface area contributed by atoms with E-state index in [0.717, 1.165) is 37.9 Å². The summed E-state index contributed by atoms with van der Waals surface area (Å²) in [4.78, 5) is 24.7. The lowest BCUT2D eigenvalue weighted by atomic mass is 9.92. The fourth-order valence-electron chi connectivity index (χ4n) is 5.16. The van der Waals surface area contributed by atoms with Crippen molar-refractivity contribution in [3.8, 4) is 5.82 Å². The number of sulfonamides is 1. The van der Waals surface area contributed by atoms with Crippen LogP contribution >= 0.6 is 0 Å². The second-order valence-corrected chi connectivity index (χ2v) is 11.7. The van der Waals surface area contributed by atoms with Gasteiger partial charge in [-0.05, 0) is 82.7 Å². The molecule has 1 saturated heterocycles. The maximum Gasteiger partial charge on any atom is 0.281 e. The molecule has 1 N–H and O–H groups in total. The van der Waals surface area contributed by atoms with E-state index in [1.54, 1.807) is 22.9 Å². The van der Waals surface area contributed by atoms with Crippen LogP contribution in [0, 0.1) is 12.8 Å². The molecule has 0 radical (unpaired) electrons. The topological polar surface area (TPSA) is 110 Å². The van der Waals surface area contributed by atoms with Gasteiger partial charge in [0.2, 0.25) is 0 Å². The molecular formula is C25H30N6O3S. The molecule has 0 saturated carbocycles. The fraction of sp³-hybridized carbons (Fsp3) is 0.440. The first kappa shape index (κ1) is 23.5. The zero-order valence-corrected chi connectivity index (χ0v) is 21.0. The van der Waals surface area contributed by atoms with Gasteiger partial charge < -0.3 is 4.90 Å². The molecule has 184 valence electrons. The zero-order valence-electron chi connectivity index (χ0n) is 20.2. The Hall–Kier alpha value is -3.27. The number of carbonyl (C=O) groups is 1. The Bertz CT molecular complexity index is 1380. The Morgan fingerprint density at radius 1 is 1.09 bits per heavy atom. The average molecular weight is 495 g/mol. The second kappa shape index (κ2) is 8.75. The summed E-state index contributed by atoms with van der Waals surface area (Å²) in [6.07, 6.45) is 6.49. The summed E-state index contributed by atoms with van der Waals surface area (Å²) in [5.74, 6) is 0.759. The molecule has 0 aromatic carbocycles. The van der Waals surface area contributed by atoms with E-state index in [9.17, 15) is 13.2 Å². The van der Waals surface area contributed by atoms with Crippen LogP contribution in [0.4, 0.5) is 5.82 Å². The number of anilines is 1. The zero-order chi connectivity index (χ0) is 24.8. The second-order valence-electron chi connectivity index (χ2n) is 10.1. The lowest BCUT2D eigenvalue weighted by molar-refractivity contribution is 0.0981. The molecule has 10 heteroatoms. The van der Waals surface area contributed by atoms with Crippen LogP contribution in [0.1, 0.15) is 61.3 Å². The maximum atomic E-state index is 13.4. The maximum absolute atomic E-state index is 13.4. The SMILES string of the molecule is Cc1ccn(-c2ccc3c(n2)N2C[C@@H](CCCCc4cccc(n4)S(=O)(=O)NC3=O)CC2(C)C)n1. The normalized spacial score (nSPS) is 21.5. The van der Waals surface area contributed by atoms with Gasteiger partial charge in [-0.3, -0.25) is 4.79 Å². The largest absolute Gasteiger partial charge is 0.350 e. The molecule has 3 aromatic heterocycles. The number of nitrogens with zero attached hydrogens (tertiary/aromatic N) is 5. The molecular weight excluding hydrogens is 464 g/mol. The number of pyridine rings is 2. The number of fused-ring (bicyclic) bond motifs is 6. The smallest absolute Gasteiger partial charge is 0.281 e. The first-order valence-corrected chi connectivity index (χ1v) is 13.5. The van der Waals surface area contributed by atoms with E-state index in [0.29, 0.717) is 29.7 Å². The van der Waals surface area contributed by atoms with Crippen molar-refractivity contribution < 1.29 is 13.2 Å². The summed E-state index contributed by atoms with van der Waals surface area (Å²) in [5, 5.41) is 4.30. The molecule has 2 aliphatic heterocycles. The summed E-state index contributed by atoms with van der Waals surface area (Å²) in [5.41, 5.74) is 1.53. The molecule has 1 atom stereocenters. The highest BCUT2D eigenvalue weighted by atomic mass is 32.2. The predicted octanol–water partition coefficient (Wildman–Crippen LogP) is 3.42. The van der Waals surface area contributed by atoms with Crippen molar-refractivity contribution in [1.29, 1.82) is 0 Å². The van der Waals surface area contributed by atoms with Crippen LogP contribution in [0.15, 0.2) is 47.6 Å². The Morgan fingerprint density at radius 3 is 2.69 bits per heavy atom. The summed E-state index contributed by atoms with van der Waals surface area (Å²) >= 11 is 0. The Kier molecular flexibility index (Phi) is 5.86. The van der Waals surface area contributed by atoms with Gasteiger partial charge in [0.15, 0.2) is 10.8 Å². The van der Waals surface area contributed by atoms with Crippen molar-refractivity contribution in [2.75, 3.05) is 11.4 Å². The van der Waals surface area contributed by atoms with E-state index in [-0.39, 0.29) is 16.1 Å². The number of aromatic nitrogens is 4. The molecule has 1 amide bonds. The van der Waals surface area contributed by atoms with Gasteiger partial charge in [0.05, 0.1) is 11.3 Å². The van der Waals surface area contributed by atoms with Crippen molar-refractivity contribution in [1.82, 2.24) is 24.5 Å². The van der Waals surface area contributed by atoms with Crippen LogP contribution in [0.3, 0.4) is 0 Å². The Balaban J connectivity index is 1.62. The minimum atomic E-state index is -4.15. The van der Waals surface area contributed by atoms with Gasteiger partial charge in [-0.25, -0.2) is 19.4 Å². The third-order valence-corrected chi connectivity index (χ3v) is 8.09. The third-order valence-electron chi connectivity index (χ3n) is 6.86. The van der Waals surface area contributed by atoms with E-state index in [2.05, 4.69) is 33.6 Å². The van der Waals surface area contributed by atoms with Crippen LogP contribution in [0.25, 0.3) is 5.82 Å². The van der Waals surface area contributed by atoms with Crippen molar-refractivity contribution in [3.63, 3.8) is 0 Å². The lowest BCUT2D eigenvalue weighted by Gasteiger charge is -2.34. The summed E-state index contributed by atoms with van der Waals surface area (Å²) in [6, 6.07) is 10.1. The van der Waals surface area contributed by atoms with Crippen LogP contribution in [0.2, 0.25) is 0 Å². The Morgan fingerprint density at radius 2 is 1.91 bits per heavy atom. The minimum Gasteiger partial charge on any atom is -0.350 e. The average Bonchev–Trinajstić information content (AvgIpc) is 3.37. The number of rotatable bonds is 1. The van der Waals surface area contributed by atoms with Gasteiger partial charge in [-0.2, -0.15) is 13.5 Å². The molecule has 5 heterocycles. The molecule has 1 fully saturated rings. The Labute approximate surface area is 205 Å². The number of carbonyl (C=O) groups excluding carboxylic acids is 1. The molecule has 5 rings (SSSR count). The van der Waals surface area contributed by atoms with Gasteiger partial charge in [0, 0.05) is 24.0 Å². The number of hydrogen-bond donors (Lipinski definition) is 1. The van der Waals surface area contributed by atoms with E-state index in [1.807, 2.05) is 25.3 Å². The van der Waals surface area contributed by atoms with Crippen molar-refractivity contribution in [2.45, 2.75) is 63.4 Å². The lowest BCUT2D eigenvalue weighted by Crippen LogP contribution is -2.41. The van der Waals surface area contributed by atoms with Crippen molar-refractivity contribution in [3.05, 3.63) is 59.5 Å². The third kappa shape index (κ3) is 4.67. The monoisotopic (exact) mass is 494 g/mol. The van der Waals surface area contributed by atoms with Crippen LogP contribution in [0.5, 0.6) is 0 Å². The molecule has 9 nitrogen and oxygen atoms in total. The highest BCUT2D eigenvalue weighted by Crippen LogP contribution is 2.40. The van der Waals surface area contributed by atoms with Crippen LogP contribution in [-0.4, -0.2) is 46.2 Å². The number of amides is 1. The molecule has 0 aliphatic carbocycles. The fourth-order valence-corrected chi connectivity index (χ4v) is 6.11. The molecule has 0 unspecified atom stereocenters. The number of nitrogens with one attached hydrogen (secondary N) is 1. The van der Waals surface area contributed by atoms with Gasteiger partial charge in [0.25, 0.3) is 15.9 Å². The quantitative estimate of drug-likeness (QED) is 0.552. The number of aryl methyl sites for hydroxylation is 2. The highest BCUT2D eigenvalue weighted by molar-refractivity contribution is 7.90. The van der Waals surface area contributed by atoms with E-state index < -0.39 is 15.9 Å². The summed E-state index contributed by atoms with van der Waals surface area (Å²) in [7, 11) is -4.15. The van der Waals surface area contributed by atoms with Gasteiger partial charge in [-0.1, -0.05) is 12.5 Å². The number of hydrogen-bond acceptors (Lipinski definition) is 7. The van der Waals surface area contributed by atoms with E-state index in [1.165, 1.54) is 6.07 Å². The first-order chi connectivity index (χ1) is 16.6. The first-order valence-electron chi connectivity index (χ1n) is 12.0. The van der Waals surface area contributed by atoms with Gasteiger partial charge >= 0.3 is 0 Å². The molecule has 2 aliphatic rings. The molecule has 35 heavy (non-hydrogen) atoms. The van der Waals surface area contributed by atoms with Crippen molar-refractivity contribution in [2.24, 2.45) is 5.92 Å². The van der Waals surface area contributed by atoms with Crippen LogP contribution < -0.4 is 9.62 Å². The van der Waals surface area contributed by atoms with Gasteiger partial charge in [0.1, 0.15) is 5.82 Å².